The molecule has 0 aromatic rings. The Morgan fingerprint density at radius 3 is 2.00 bits per heavy atom. The summed E-state index contributed by atoms with van der Waals surface area (Å²) in [7, 11) is 0. The Labute approximate surface area is 36.0 Å². The summed E-state index contributed by atoms with van der Waals surface area (Å²) < 4.78 is 10.0. The Morgan fingerprint density at radius 1 is 1.17 bits per heavy atom. The Balaban J connectivity index is 2.09. The van der Waals surface area contributed by atoms with Crippen LogP contribution in [-0.4, -0.2) is 25.4 Å². The number of hydrogen-bond acceptors (Lipinski definition) is 2. The molecule has 2 nitrogen and oxygen atoms in total. The molecule has 0 bridgehead atoms. The van der Waals surface area contributed by atoms with Crippen LogP contribution in [-0.2, 0) is 9.47 Å². The van der Waals surface area contributed by atoms with Gasteiger partial charge in [-0.25, -0.2) is 0 Å². The predicted molar refractivity (Wildman–Crippen MR) is 19.5 cm³/mol. The lowest BCUT2D eigenvalue weighted by atomic mass is 10.4. The summed E-state index contributed by atoms with van der Waals surface area (Å²) in [5.41, 5.74) is 0. The second-order valence-corrected chi connectivity index (χ2v) is 1.75. The van der Waals surface area contributed by atoms with Crippen molar-refractivity contribution < 1.29 is 9.47 Å². The molecule has 0 saturated carbocycles. The van der Waals surface area contributed by atoms with Gasteiger partial charge < -0.3 is 9.47 Å². The second-order valence-electron chi connectivity index (χ2n) is 1.75. The van der Waals surface area contributed by atoms with E-state index in [1.165, 1.54) is 0 Å². The van der Waals surface area contributed by atoms with Crippen molar-refractivity contribution in [1.29, 1.82) is 0 Å². The molecule has 2 aliphatic rings. The highest BCUT2D eigenvalue weighted by Crippen LogP contribution is 2.27. The van der Waals surface area contributed by atoms with Crippen molar-refractivity contribution in [3.05, 3.63) is 0 Å². The number of ether oxygens (including phenoxy) is 2. The van der Waals surface area contributed by atoms with Crippen LogP contribution in [0, 0.1) is 0 Å². The Bertz CT molecular complexity index is 63.9. The fraction of sp³-hybridized carbons (Fsp3) is 1.00. The Hall–Kier alpha value is -0.0800. The van der Waals surface area contributed by atoms with Crippen LogP contribution < -0.4 is 0 Å². The van der Waals surface area contributed by atoms with Crippen molar-refractivity contribution in [2.24, 2.45) is 0 Å². The van der Waals surface area contributed by atoms with Crippen LogP contribution in [0.4, 0.5) is 0 Å². The quantitative estimate of drug-likeness (QED) is 0.380. The Kier molecular flexibility index (Phi) is 0.383. The molecule has 2 fully saturated rings. The predicted octanol–water partition coefficient (Wildman–Crippen LogP) is -0.216. The largest absolute Gasteiger partial charge is 0.376 e. The molecule has 2 saturated heterocycles. The minimum Gasteiger partial charge on any atom is -0.376 e. The maximum atomic E-state index is 5.03. The van der Waals surface area contributed by atoms with Crippen LogP contribution in [0.1, 0.15) is 0 Å². The molecule has 0 aromatic carbocycles. The van der Waals surface area contributed by atoms with Gasteiger partial charge in [0.2, 0.25) is 0 Å². The van der Waals surface area contributed by atoms with Gasteiger partial charge in [0.15, 0.2) is 0 Å². The van der Waals surface area contributed by atoms with E-state index in [0.717, 1.165) is 13.2 Å². The van der Waals surface area contributed by atoms with Gasteiger partial charge in [0, 0.05) is 0 Å². The van der Waals surface area contributed by atoms with E-state index in [2.05, 4.69) is 0 Å². The average Bonchev–Trinajstić information content (AvgIpc) is 2.17. The molecule has 2 rings (SSSR count). The summed E-state index contributed by atoms with van der Waals surface area (Å²) in [5.74, 6) is 0. The van der Waals surface area contributed by atoms with Crippen LogP contribution in [0.5, 0.6) is 0 Å². The summed E-state index contributed by atoms with van der Waals surface area (Å²) in [6.07, 6.45) is 0.981. The van der Waals surface area contributed by atoms with Gasteiger partial charge in [-0.15, -0.1) is 0 Å². The van der Waals surface area contributed by atoms with E-state index in [4.69, 9.17) is 9.47 Å². The molecule has 0 N–H and O–H groups in total. The van der Waals surface area contributed by atoms with Crippen molar-refractivity contribution in [3.63, 3.8) is 0 Å². The highest BCUT2D eigenvalue weighted by molar-refractivity contribution is 4.88. The van der Waals surface area contributed by atoms with Crippen LogP contribution in [0.3, 0.4) is 0 Å². The molecule has 34 valence electrons. The first-order valence-corrected chi connectivity index (χ1v) is 2.20. The van der Waals surface area contributed by atoms with Crippen LogP contribution in [0.25, 0.3) is 0 Å². The molecular weight excluding hydrogens is 80.0 g/mol. The normalized spacial score (nSPS) is 52.0. The molecule has 0 spiro atoms. The van der Waals surface area contributed by atoms with Crippen molar-refractivity contribution >= 4 is 0 Å². The SMILES string of the molecule is C1OC[C@H]2O[C@H]12. The smallest absolute Gasteiger partial charge is 0.110 e. The maximum Gasteiger partial charge on any atom is 0.110 e. The van der Waals surface area contributed by atoms with Gasteiger partial charge in [0.1, 0.15) is 12.2 Å². The molecule has 0 unspecified atom stereocenters. The number of fused-ring (bicyclic) bond motifs is 1. The molecule has 6 heavy (non-hydrogen) atoms. The van der Waals surface area contributed by atoms with E-state index >= 15 is 0 Å². The fourth-order valence-electron chi connectivity index (χ4n) is 0.773. The van der Waals surface area contributed by atoms with Gasteiger partial charge in [-0.2, -0.15) is 0 Å². The van der Waals surface area contributed by atoms with Gasteiger partial charge >= 0.3 is 0 Å². The number of hydrogen-bond donors (Lipinski definition) is 0. The number of rotatable bonds is 0. The first-order chi connectivity index (χ1) is 2.97. The molecule has 2 aliphatic heterocycles. The third-order valence-electron chi connectivity index (χ3n) is 1.25. The van der Waals surface area contributed by atoms with Gasteiger partial charge in [-0.05, 0) is 0 Å². The van der Waals surface area contributed by atoms with Gasteiger partial charge in [-0.1, -0.05) is 0 Å². The maximum absolute atomic E-state index is 5.03. The summed E-state index contributed by atoms with van der Waals surface area (Å²) in [4.78, 5) is 0. The molecule has 0 aromatic heterocycles. The van der Waals surface area contributed by atoms with E-state index in [-0.39, 0.29) is 0 Å². The summed E-state index contributed by atoms with van der Waals surface area (Å²) in [6, 6.07) is 0. The van der Waals surface area contributed by atoms with Crippen LogP contribution in [0.2, 0.25) is 0 Å². The first-order valence-electron chi connectivity index (χ1n) is 2.20. The van der Waals surface area contributed by atoms with Crippen molar-refractivity contribution in [1.82, 2.24) is 0 Å². The third kappa shape index (κ3) is 0.235. The van der Waals surface area contributed by atoms with Crippen molar-refractivity contribution in [3.8, 4) is 0 Å². The molecule has 0 radical (unpaired) electrons. The molecule has 2 atom stereocenters. The standard InChI is InChI=1S/C4H6O2/c1-3-4(6-3)2-5-1/h3-4H,1-2H2/t3-,4-/m1/s1. The summed E-state index contributed by atoms with van der Waals surface area (Å²) in [6.45, 7) is 1.68. The average molecular weight is 86.1 g/mol. The zero-order valence-electron chi connectivity index (χ0n) is 3.39. The van der Waals surface area contributed by atoms with Crippen LogP contribution in [0.15, 0.2) is 0 Å². The Morgan fingerprint density at radius 2 is 1.83 bits per heavy atom. The molecule has 0 aliphatic carbocycles. The lowest BCUT2D eigenvalue weighted by Gasteiger charge is -1.87. The topological polar surface area (TPSA) is 21.8 Å². The monoisotopic (exact) mass is 86.0 g/mol. The van der Waals surface area contributed by atoms with Crippen molar-refractivity contribution in [2.75, 3.05) is 13.2 Å². The lowest BCUT2D eigenvalue weighted by molar-refractivity contribution is 0.100. The number of epoxide rings is 1. The van der Waals surface area contributed by atoms with Gasteiger partial charge in [-0.3, -0.25) is 0 Å². The second kappa shape index (κ2) is 0.768. The lowest BCUT2D eigenvalue weighted by Crippen LogP contribution is -1.91. The summed E-state index contributed by atoms with van der Waals surface area (Å²) in [5, 5.41) is 0. The van der Waals surface area contributed by atoms with E-state index in [1.54, 1.807) is 0 Å². The minimum absolute atomic E-state index is 0.491. The van der Waals surface area contributed by atoms with E-state index in [9.17, 15) is 0 Å². The third-order valence-corrected chi connectivity index (χ3v) is 1.25. The van der Waals surface area contributed by atoms with E-state index < -0.39 is 0 Å². The first kappa shape index (κ1) is 2.99. The zero-order valence-corrected chi connectivity index (χ0v) is 3.39. The highest BCUT2D eigenvalue weighted by atomic mass is 16.7. The molecule has 0 amide bonds. The van der Waals surface area contributed by atoms with Crippen molar-refractivity contribution in [2.45, 2.75) is 12.2 Å². The fourth-order valence-corrected chi connectivity index (χ4v) is 0.773. The van der Waals surface area contributed by atoms with Crippen LogP contribution >= 0.6 is 0 Å². The minimum atomic E-state index is 0.491. The highest BCUT2D eigenvalue weighted by Gasteiger charge is 2.43. The van der Waals surface area contributed by atoms with Gasteiger partial charge in [0.25, 0.3) is 0 Å². The van der Waals surface area contributed by atoms with E-state index in [0.29, 0.717) is 12.2 Å². The molecule has 2 heteroatoms. The zero-order chi connectivity index (χ0) is 3.98. The summed E-state index contributed by atoms with van der Waals surface area (Å²) >= 11 is 0. The molecular formula is C4H6O2. The van der Waals surface area contributed by atoms with E-state index in [1.807, 2.05) is 0 Å². The molecule has 2 heterocycles. The van der Waals surface area contributed by atoms with Gasteiger partial charge in [0.05, 0.1) is 13.2 Å².